The Kier molecular flexibility index (Phi) is 3.28. The topological polar surface area (TPSA) is 68.5 Å². The van der Waals surface area contributed by atoms with E-state index in [1.54, 1.807) is 4.90 Å². The van der Waals surface area contributed by atoms with E-state index in [4.69, 9.17) is 10.5 Å². The number of hydrogen-bond acceptors (Lipinski definition) is 5. The molecule has 1 aliphatic rings. The maximum Gasteiger partial charge on any atom is 0.409 e. The molecule has 0 aliphatic carbocycles. The van der Waals surface area contributed by atoms with Gasteiger partial charge in [0.2, 0.25) is 0 Å². The third-order valence-electron chi connectivity index (χ3n) is 2.81. The summed E-state index contributed by atoms with van der Waals surface area (Å²) >= 11 is 1.45. The fraction of sp³-hybridized carbons (Fsp3) is 0.600. The molecule has 1 aromatic heterocycles. The zero-order valence-electron chi connectivity index (χ0n) is 9.18. The van der Waals surface area contributed by atoms with Crippen molar-refractivity contribution in [3.05, 3.63) is 11.1 Å². The number of carbonyl (C=O) groups is 1. The normalized spacial score (nSPS) is 20.8. The van der Waals surface area contributed by atoms with Gasteiger partial charge in [0.15, 0.2) is 5.13 Å². The smallest absolute Gasteiger partial charge is 0.409 e. The number of nitrogens with zero attached hydrogens (tertiary/aromatic N) is 2. The molecular weight excluding hydrogens is 226 g/mol. The Labute approximate surface area is 98.2 Å². The Bertz CT molecular complexity index is 380. The Hall–Kier alpha value is -1.30. The van der Waals surface area contributed by atoms with Gasteiger partial charge in [0.25, 0.3) is 0 Å². The molecule has 1 fully saturated rings. The zero-order valence-corrected chi connectivity index (χ0v) is 10.00. The van der Waals surface area contributed by atoms with Gasteiger partial charge in [-0.15, -0.1) is 11.3 Å². The molecule has 1 aliphatic heterocycles. The second kappa shape index (κ2) is 4.69. The number of anilines is 1. The van der Waals surface area contributed by atoms with Gasteiger partial charge >= 0.3 is 6.09 Å². The molecule has 16 heavy (non-hydrogen) atoms. The van der Waals surface area contributed by atoms with Crippen LogP contribution in [0.15, 0.2) is 5.38 Å². The van der Waals surface area contributed by atoms with Crippen molar-refractivity contribution in [3.8, 4) is 0 Å². The summed E-state index contributed by atoms with van der Waals surface area (Å²) in [5.41, 5.74) is 6.60. The van der Waals surface area contributed by atoms with Crippen molar-refractivity contribution in [3.63, 3.8) is 0 Å². The summed E-state index contributed by atoms with van der Waals surface area (Å²) in [5.74, 6) is 0.293. The minimum Gasteiger partial charge on any atom is -0.453 e. The predicted molar refractivity (Wildman–Crippen MR) is 62.5 cm³/mol. The number of nitrogen functional groups attached to an aromatic ring is 1. The van der Waals surface area contributed by atoms with Crippen molar-refractivity contribution in [1.82, 2.24) is 9.88 Å². The summed E-state index contributed by atoms with van der Waals surface area (Å²) < 4.78 is 4.72. The number of aromatic nitrogens is 1. The lowest BCUT2D eigenvalue weighted by Gasteiger charge is -2.30. The molecule has 1 unspecified atom stereocenters. The van der Waals surface area contributed by atoms with E-state index in [-0.39, 0.29) is 6.09 Å². The van der Waals surface area contributed by atoms with Crippen LogP contribution >= 0.6 is 11.3 Å². The van der Waals surface area contributed by atoms with Crippen LogP contribution in [-0.2, 0) is 4.74 Å². The number of likely N-dealkylation sites (tertiary alicyclic amines) is 1. The van der Waals surface area contributed by atoms with E-state index in [0.29, 0.717) is 17.6 Å². The second-order valence-electron chi connectivity index (χ2n) is 3.87. The molecule has 0 aromatic carbocycles. The number of rotatable bonds is 1. The standard InChI is InChI=1S/C10H15N3O2S/c1-15-10(14)13-4-2-3-7(5-13)8-6-16-9(11)12-8/h6-7H,2-5H2,1H3,(H2,11,12). The van der Waals surface area contributed by atoms with Gasteiger partial charge in [0.1, 0.15) is 0 Å². The summed E-state index contributed by atoms with van der Waals surface area (Å²) in [6.45, 7) is 1.44. The zero-order chi connectivity index (χ0) is 11.5. The number of hydrogen-bond donors (Lipinski definition) is 1. The first-order valence-electron chi connectivity index (χ1n) is 5.24. The molecule has 2 heterocycles. The number of piperidine rings is 1. The number of nitrogens with two attached hydrogens (primary N) is 1. The van der Waals surface area contributed by atoms with Crippen LogP contribution in [0, 0.1) is 0 Å². The van der Waals surface area contributed by atoms with Crippen LogP contribution < -0.4 is 5.73 Å². The quantitative estimate of drug-likeness (QED) is 0.812. The van der Waals surface area contributed by atoms with E-state index in [1.807, 2.05) is 5.38 Å². The highest BCUT2D eigenvalue weighted by molar-refractivity contribution is 7.13. The maximum atomic E-state index is 11.4. The van der Waals surface area contributed by atoms with Gasteiger partial charge in [0, 0.05) is 24.4 Å². The van der Waals surface area contributed by atoms with Gasteiger partial charge < -0.3 is 15.4 Å². The average molecular weight is 241 g/mol. The molecular formula is C10H15N3O2S. The van der Waals surface area contributed by atoms with E-state index >= 15 is 0 Å². The van der Waals surface area contributed by atoms with Gasteiger partial charge in [-0.3, -0.25) is 0 Å². The van der Waals surface area contributed by atoms with Crippen LogP contribution in [0.4, 0.5) is 9.93 Å². The Balaban J connectivity index is 2.04. The van der Waals surface area contributed by atoms with E-state index in [0.717, 1.165) is 25.1 Å². The molecule has 0 saturated carbocycles. The third-order valence-corrected chi connectivity index (χ3v) is 3.50. The molecule has 0 spiro atoms. The number of thiazole rings is 1. The lowest BCUT2D eigenvalue weighted by atomic mass is 9.96. The Morgan fingerprint density at radius 2 is 2.56 bits per heavy atom. The SMILES string of the molecule is COC(=O)N1CCCC(c2csc(N)n2)C1. The first-order valence-corrected chi connectivity index (χ1v) is 6.12. The molecule has 5 nitrogen and oxygen atoms in total. The minimum atomic E-state index is -0.257. The lowest BCUT2D eigenvalue weighted by Crippen LogP contribution is -2.39. The summed E-state index contributed by atoms with van der Waals surface area (Å²) in [6.07, 6.45) is 1.78. The highest BCUT2D eigenvalue weighted by atomic mass is 32.1. The number of carbonyl (C=O) groups excluding carboxylic acids is 1. The minimum absolute atomic E-state index is 0.257. The fourth-order valence-corrected chi connectivity index (χ4v) is 2.65. The van der Waals surface area contributed by atoms with Crippen LogP contribution in [0.25, 0.3) is 0 Å². The lowest BCUT2D eigenvalue weighted by molar-refractivity contribution is 0.110. The van der Waals surface area contributed by atoms with E-state index in [2.05, 4.69) is 4.98 Å². The van der Waals surface area contributed by atoms with Gasteiger partial charge in [-0.05, 0) is 12.8 Å². The van der Waals surface area contributed by atoms with Crippen molar-refractivity contribution >= 4 is 22.6 Å². The molecule has 1 atom stereocenters. The van der Waals surface area contributed by atoms with Crippen molar-refractivity contribution in [2.45, 2.75) is 18.8 Å². The summed E-state index contributed by atoms with van der Waals surface area (Å²) in [7, 11) is 1.41. The highest BCUT2D eigenvalue weighted by Gasteiger charge is 2.26. The Morgan fingerprint density at radius 3 is 3.19 bits per heavy atom. The van der Waals surface area contributed by atoms with Crippen molar-refractivity contribution in [1.29, 1.82) is 0 Å². The van der Waals surface area contributed by atoms with Gasteiger partial charge in [-0.25, -0.2) is 9.78 Å². The van der Waals surface area contributed by atoms with E-state index in [9.17, 15) is 4.79 Å². The summed E-state index contributed by atoms with van der Waals surface area (Å²) in [4.78, 5) is 17.4. The van der Waals surface area contributed by atoms with E-state index in [1.165, 1.54) is 18.4 Å². The predicted octanol–water partition coefficient (Wildman–Crippen LogP) is 1.67. The summed E-state index contributed by atoms with van der Waals surface area (Å²) in [5, 5.41) is 2.56. The van der Waals surface area contributed by atoms with E-state index < -0.39 is 0 Å². The van der Waals surface area contributed by atoms with Crippen molar-refractivity contribution in [2.24, 2.45) is 0 Å². The second-order valence-corrected chi connectivity index (χ2v) is 4.76. The van der Waals surface area contributed by atoms with Gasteiger partial charge in [0.05, 0.1) is 12.8 Å². The molecule has 0 radical (unpaired) electrons. The van der Waals surface area contributed by atoms with Crippen molar-refractivity contribution < 1.29 is 9.53 Å². The number of amides is 1. The third kappa shape index (κ3) is 2.27. The molecule has 2 N–H and O–H groups in total. The van der Waals surface area contributed by atoms with Gasteiger partial charge in [-0.2, -0.15) is 0 Å². The van der Waals surface area contributed by atoms with Crippen molar-refractivity contribution in [2.75, 3.05) is 25.9 Å². The molecule has 1 amide bonds. The highest BCUT2D eigenvalue weighted by Crippen LogP contribution is 2.28. The first-order chi connectivity index (χ1) is 7.70. The molecule has 6 heteroatoms. The molecule has 88 valence electrons. The number of methoxy groups -OCH3 is 1. The Morgan fingerprint density at radius 1 is 1.75 bits per heavy atom. The molecule has 1 aromatic rings. The summed E-state index contributed by atoms with van der Waals surface area (Å²) in [6, 6.07) is 0. The van der Waals surface area contributed by atoms with Crippen LogP contribution in [0.1, 0.15) is 24.5 Å². The molecule has 1 saturated heterocycles. The monoisotopic (exact) mass is 241 g/mol. The maximum absolute atomic E-state index is 11.4. The van der Waals surface area contributed by atoms with Crippen LogP contribution in [-0.4, -0.2) is 36.2 Å². The van der Waals surface area contributed by atoms with Crippen LogP contribution in [0.5, 0.6) is 0 Å². The molecule has 2 rings (SSSR count). The fourth-order valence-electron chi connectivity index (χ4n) is 2.00. The molecule has 0 bridgehead atoms. The van der Waals surface area contributed by atoms with Gasteiger partial charge in [-0.1, -0.05) is 0 Å². The van der Waals surface area contributed by atoms with Crippen LogP contribution in [0.2, 0.25) is 0 Å². The first kappa shape index (κ1) is 11.2. The largest absolute Gasteiger partial charge is 0.453 e. The average Bonchev–Trinajstić information content (AvgIpc) is 2.75. The van der Waals surface area contributed by atoms with Crippen LogP contribution in [0.3, 0.4) is 0 Å². The number of ether oxygens (including phenoxy) is 1.